The highest BCUT2D eigenvalue weighted by Gasteiger charge is 2.15. The summed E-state index contributed by atoms with van der Waals surface area (Å²) in [6.07, 6.45) is 0. The molecule has 0 atom stereocenters. The average molecular weight is 446 g/mol. The Labute approximate surface area is 185 Å². The van der Waals surface area contributed by atoms with Crippen LogP contribution in [0.25, 0.3) is 22.5 Å². The molecule has 152 valence electrons. The molecule has 9 heteroatoms. The predicted octanol–water partition coefficient (Wildman–Crippen LogP) is 4.16. The van der Waals surface area contributed by atoms with E-state index >= 15 is 0 Å². The van der Waals surface area contributed by atoms with Crippen LogP contribution < -0.4 is 10.9 Å². The van der Waals surface area contributed by atoms with E-state index in [9.17, 15) is 14.9 Å². The van der Waals surface area contributed by atoms with Gasteiger partial charge < -0.3 is 10.3 Å². The summed E-state index contributed by atoms with van der Waals surface area (Å²) < 4.78 is 0. The van der Waals surface area contributed by atoms with E-state index in [2.05, 4.69) is 20.3 Å². The summed E-state index contributed by atoms with van der Waals surface area (Å²) in [6, 6.07) is 20.6. The predicted molar refractivity (Wildman–Crippen MR) is 122 cm³/mol. The van der Waals surface area contributed by atoms with Gasteiger partial charge in [0.05, 0.1) is 17.1 Å². The third-order valence-corrected chi connectivity index (χ3v) is 5.85. The van der Waals surface area contributed by atoms with Gasteiger partial charge in [0.1, 0.15) is 11.6 Å². The number of hydrogen-bond acceptors (Lipinski definition) is 7. The van der Waals surface area contributed by atoms with Crippen molar-refractivity contribution in [2.75, 3.05) is 11.1 Å². The number of amides is 1. The number of aromatic amines is 1. The van der Waals surface area contributed by atoms with Gasteiger partial charge in [0, 0.05) is 16.5 Å². The smallest absolute Gasteiger partial charge is 0.270 e. The highest BCUT2D eigenvalue weighted by atomic mass is 32.2. The van der Waals surface area contributed by atoms with Crippen LogP contribution in [0.4, 0.5) is 5.13 Å². The molecule has 0 fully saturated rings. The number of thiazole rings is 1. The van der Waals surface area contributed by atoms with Crippen molar-refractivity contribution in [3.05, 3.63) is 82.0 Å². The molecule has 4 aromatic rings. The molecule has 2 N–H and O–H groups in total. The molecule has 0 aliphatic carbocycles. The Morgan fingerprint density at radius 1 is 1.06 bits per heavy atom. The number of aromatic nitrogens is 3. The number of H-pyrrole nitrogens is 1. The second kappa shape index (κ2) is 9.38. The summed E-state index contributed by atoms with van der Waals surface area (Å²) in [5.41, 5.74) is 2.12. The van der Waals surface area contributed by atoms with Crippen LogP contribution >= 0.6 is 23.1 Å². The lowest BCUT2D eigenvalue weighted by Crippen LogP contribution is -2.17. The van der Waals surface area contributed by atoms with E-state index in [-0.39, 0.29) is 22.4 Å². The number of benzene rings is 2. The summed E-state index contributed by atoms with van der Waals surface area (Å²) >= 11 is 2.42. The van der Waals surface area contributed by atoms with Gasteiger partial charge in [-0.3, -0.25) is 9.59 Å². The van der Waals surface area contributed by atoms with Crippen LogP contribution in [0.15, 0.2) is 76.0 Å². The topological polar surface area (TPSA) is 112 Å². The van der Waals surface area contributed by atoms with Gasteiger partial charge in [-0.05, 0) is 0 Å². The molecule has 0 saturated carbocycles. The van der Waals surface area contributed by atoms with Crippen LogP contribution in [0.2, 0.25) is 0 Å². The second-order valence-electron chi connectivity index (χ2n) is 6.31. The first-order valence-corrected chi connectivity index (χ1v) is 11.0. The van der Waals surface area contributed by atoms with E-state index in [0.717, 1.165) is 23.0 Å². The fourth-order valence-corrected chi connectivity index (χ4v) is 4.19. The molecule has 1 amide bonds. The number of carbonyl (C=O) groups excluding carboxylic acids is 1. The van der Waals surface area contributed by atoms with Gasteiger partial charge >= 0.3 is 0 Å². The molecule has 0 unspecified atom stereocenters. The normalized spacial score (nSPS) is 10.4. The molecule has 0 bridgehead atoms. The largest absolute Gasteiger partial charge is 0.301 e. The van der Waals surface area contributed by atoms with Crippen molar-refractivity contribution in [2.45, 2.75) is 5.16 Å². The van der Waals surface area contributed by atoms with Crippen LogP contribution in [0.1, 0.15) is 5.56 Å². The third-order valence-electron chi connectivity index (χ3n) is 4.22. The number of nitrogens with zero attached hydrogens (tertiary/aromatic N) is 3. The molecule has 0 saturated heterocycles. The third kappa shape index (κ3) is 4.88. The Morgan fingerprint density at radius 3 is 2.42 bits per heavy atom. The van der Waals surface area contributed by atoms with Crippen molar-refractivity contribution in [3.8, 4) is 28.6 Å². The number of nitrogens with one attached hydrogen (secondary N) is 2. The van der Waals surface area contributed by atoms with Crippen molar-refractivity contribution in [2.24, 2.45) is 0 Å². The molecular weight excluding hydrogens is 430 g/mol. The number of rotatable bonds is 6. The van der Waals surface area contributed by atoms with E-state index in [4.69, 9.17) is 0 Å². The highest BCUT2D eigenvalue weighted by Crippen LogP contribution is 2.25. The number of nitriles is 1. The van der Waals surface area contributed by atoms with Crippen molar-refractivity contribution in [1.82, 2.24) is 15.0 Å². The number of thioether (sulfide) groups is 1. The van der Waals surface area contributed by atoms with Gasteiger partial charge in [0.2, 0.25) is 5.91 Å². The molecule has 2 aromatic heterocycles. The lowest BCUT2D eigenvalue weighted by molar-refractivity contribution is -0.113. The van der Waals surface area contributed by atoms with Crippen LogP contribution in [0, 0.1) is 11.3 Å². The first-order chi connectivity index (χ1) is 15.1. The van der Waals surface area contributed by atoms with E-state index < -0.39 is 5.56 Å². The monoisotopic (exact) mass is 445 g/mol. The van der Waals surface area contributed by atoms with Crippen molar-refractivity contribution < 1.29 is 4.79 Å². The molecule has 2 aromatic carbocycles. The Bertz CT molecular complexity index is 1310. The first-order valence-electron chi connectivity index (χ1n) is 9.17. The van der Waals surface area contributed by atoms with Gasteiger partial charge in [-0.25, -0.2) is 9.97 Å². The number of carbonyl (C=O) groups is 1. The van der Waals surface area contributed by atoms with Gasteiger partial charge in [0.25, 0.3) is 5.56 Å². The summed E-state index contributed by atoms with van der Waals surface area (Å²) in [4.78, 5) is 36.0. The fraction of sp³-hybridized carbons (Fsp3) is 0.0455. The maximum absolute atomic E-state index is 12.4. The van der Waals surface area contributed by atoms with Crippen LogP contribution in [0.5, 0.6) is 0 Å². The standard InChI is InChI=1S/C22H15N5O2S2/c23-11-16-19(15-9-5-2-6-10-15)26-22(27-20(16)29)31-13-18(28)25-21-24-17(12-30-21)14-7-3-1-4-8-14/h1-10,12H,13H2,(H,24,25,28)(H,26,27,29). The zero-order valence-corrected chi connectivity index (χ0v) is 17.7. The summed E-state index contributed by atoms with van der Waals surface area (Å²) in [6.45, 7) is 0. The van der Waals surface area contributed by atoms with E-state index in [0.29, 0.717) is 16.4 Å². The Morgan fingerprint density at radius 2 is 1.74 bits per heavy atom. The number of anilines is 1. The molecule has 2 heterocycles. The molecule has 7 nitrogen and oxygen atoms in total. The van der Waals surface area contributed by atoms with Crippen molar-refractivity contribution in [1.29, 1.82) is 5.26 Å². The number of hydrogen-bond donors (Lipinski definition) is 2. The van der Waals surface area contributed by atoms with Crippen molar-refractivity contribution in [3.63, 3.8) is 0 Å². The summed E-state index contributed by atoms with van der Waals surface area (Å²) in [5, 5.41) is 14.7. The SMILES string of the molecule is N#Cc1c(-c2ccccc2)nc(SCC(=O)Nc2nc(-c3ccccc3)cs2)[nH]c1=O. The zero-order valence-electron chi connectivity index (χ0n) is 16.0. The van der Waals surface area contributed by atoms with Crippen LogP contribution in [-0.2, 0) is 4.79 Å². The van der Waals surface area contributed by atoms with Gasteiger partial charge in [0.15, 0.2) is 10.3 Å². The summed E-state index contributed by atoms with van der Waals surface area (Å²) in [7, 11) is 0. The van der Waals surface area contributed by atoms with E-state index in [1.807, 2.05) is 47.8 Å². The molecule has 0 aliphatic heterocycles. The van der Waals surface area contributed by atoms with Crippen LogP contribution in [0.3, 0.4) is 0 Å². The van der Waals surface area contributed by atoms with E-state index in [1.54, 1.807) is 24.3 Å². The lowest BCUT2D eigenvalue weighted by atomic mass is 10.1. The quantitative estimate of drug-likeness (QED) is 0.340. The minimum Gasteiger partial charge on any atom is -0.301 e. The average Bonchev–Trinajstić information content (AvgIpc) is 3.27. The molecule has 0 spiro atoms. The Kier molecular flexibility index (Phi) is 6.21. The Balaban J connectivity index is 1.45. The molecular formula is C22H15N5O2S2. The molecule has 0 aliphatic rings. The lowest BCUT2D eigenvalue weighted by Gasteiger charge is -2.06. The minimum atomic E-state index is -0.535. The van der Waals surface area contributed by atoms with Crippen molar-refractivity contribution >= 4 is 34.1 Å². The second-order valence-corrected chi connectivity index (χ2v) is 8.14. The van der Waals surface area contributed by atoms with Gasteiger partial charge in [-0.15, -0.1) is 11.3 Å². The molecule has 0 radical (unpaired) electrons. The Hall–Kier alpha value is -3.74. The summed E-state index contributed by atoms with van der Waals surface area (Å²) in [5.74, 6) is -0.240. The maximum Gasteiger partial charge on any atom is 0.270 e. The van der Waals surface area contributed by atoms with E-state index in [1.165, 1.54) is 11.3 Å². The molecule has 4 rings (SSSR count). The minimum absolute atomic E-state index is 0.0311. The molecule has 31 heavy (non-hydrogen) atoms. The first kappa shape index (κ1) is 20.5. The van der Waals surface area contributed by atoms with Gasteiger partial charge in [-0.1, -0.05) is 72.4 Å². The van der Waals surface area contributed by atoms with Gasteiger partial charge in [-0.2, -0.15) is 5.26 Å². The zero-order chi connectivity index (χ0) is 21.6. The maximum atomic E-state index is 12.4. The fourth-order valence-electron chi connectivity index (χ4n) is 2.79. The highest BCUT2D eigenvalue weighted by molar-refractivity contribution is 7.99. The van der Waals surface area contributed by atoms with Crippen LogP contribution in [-0.4, -0.2) is 26.6 Å².